The number of rotatable bonds is 10. The summed E-state index contributed by atoms with van der Waals surface area (Å²) in [5.41, 5.74) is 0. The zero-order valence-corrected chi connectivity index (χ0v) is 17.6. The number of hydrogen-bond acceptors (Lipinski definition) is 2. The van der Waals surface area contributed by atoms with Gasteiger partial charge in [-0.3, -0.25) is 0 Å². The van der Waals surface area contributed by atoms with E-state index in [4.69, 9.17) is 0 Å². The van der Waals surface area contributed by atoms with Crippen molar-refractivity contribution in [1.82, 2.24) is 9.38 Å². The van der Waals surface area contributed by atoms with E-state index in [0.717, 1.165) is 0 Å². The van der Waals surface area contributed by atoms with Crippen molar-refractivity contribution in [3.8, 4) is 0 Å². The Hall–Kier alpha value is -0.0313. The summed E-state index contributed by atoms with van der Waals surface area (Å²) in [5.74, 6) is 0. The molecule has 0 unspecified atom stereocenters. The number of nitrogens with zero attached hydrogens (tertiary/aromatic N) is 2. The van der Waals surface area contributed by atoms with Crippen LogP contribution >= 0.6 is 11.3 Å². The summed E-state index contributed by atoms with van der Waals surface area (Å²) in [6, 6.07) is 0. The van der Waals surface area contributed by atoms with Crippen molar-refractivity contribution in [3.05, 3.63) is 18.7 Å². The molecule has 0 saturated carbocycles. The Kier molecular flexibility index (Phi) is 7.06. The first-order chi connectivity index (χ1) is 10.3. The third-order valence-corrected chi connectivity index (χ3v) is 23.9. The van der Waals surface area contributed by atoms with E-state index in [9.17, 15) is 0 Å². The van der Waals surface area contributed by atoms with Gasteiger partial charge >= 0.3 is 138 Å². The van der Waals surface area contributed by atoms with Crippen LogP contribution < -0.4 is 2.89 Å². The van der Waals surface area contributed by atoms with Crippen LogP contribution in [0.25, 0.3) is 4.83 Å². The predicted octanol–water partition coefficient (Wildman–Crippen LogP) is 5.45. The number of aromatic nitrogens is 2. The van der Waals surface area contributed by atoms with E-state index < -0.39 is 18.4 Å². The van der Waals surface area contributed by atoms with Gasteiger partial charge in [-0.05, 0) is 0 Å². The van der Waals surface area contributed by atoms with Crippen molar-refractivity contribution < 1.29 is 0 Å². The van der Waals surface area contributed by atoms with E-state index in [2.05, 4.69) is 47.7 Å². The van der Waals surface area contributed by atoms with Crippen molar-refractivity contribution in [2.75, 3.05) is 0 Å². The van der Waals surface area contributed by atoms with Crippen LogP contribution in [0, 0.1) is 0 Å². The van der Waals surface area contributed by atoms with Crippen molar-refractivity contribution in [1.29, 1.82) is 0 Å². The molecule has 2 aromatic heterocycles. The second-order valence-corrected chi connectivity index (χ2v) is 21.5. The van der Waals surface area contributed by atoms with Crippen molar-refractivity contribution >= 4 is 37.4 Å². The van der Waals surface area contributed by atoms with Gasteiger partial charge in [-0.2, -0.15) is 0 Å². The van der Waals surface area contributed by atoms with E-state index in [-0.39, 0.29) is 0 Å². The average Bonchev–Trinajstić information content (AvgIpc) is 3.08. The van der Waals surface area contributed by atoms with E-state index >= 15 is 0 Å². The summed E-state index contributed by atoms with van der Waals surface area (Å²) in [6.45, 7) is 7.04. The molecule has 2 nitrogen and oxygen atoms in total. The second kappa shape index (κ2) is 8.56. The fourth-order valence-electron chi connectivity index (χ4n) is 3.27. The molecule has 0 aromatic carbocycles. The number of hydrogen-bond donors (Lipinski definition) is 0. The predicted molar refractivity (Wildman–Crippen MR) is 97.6 cm³/mol. The first-order valence-electron chi connectivity index (χ1n) is 8.67. The third-order valence-electron chi connectivity index (χ3n) is 4.65. The van der Waals surface area contributed by atoms with E-state index in [0.29, 0.717) is 0 Å². The van der Waals surface area contributed by atoms with Crippen LogP contribution in [0.4, 0.5) is 0 Å². The summed E-state index contributed by atoms with van der Waals surface area (Å²) < 4.78 is 8.74. The second-order valence-electron chi connectivity index (χ2n) is 6.33. The summed E-state index contributed by atoms with van der Waals surface area (Å²) in [4.78, 5) is 5.61. The molecule has 0 aliphatic heterocycles. The number of fused-ring (bicyclic) bond motifs is 1. The number of unbranched alkanes of at least 4 members (excludes halogenated alkanes) is 3. The first kappa shape index (κ1) is 17.3. The van der Waals surface area contributed by atoms with Crippen LogP contribution in [0.15, 0.2) is 18.7 Å². The van der Waals surface area contributed by atoms with Gasteiger partial charge in [0.2, 0.25) is 0 Å². The third kappa shape index (κ3) is 4.25. The molecule has 2 aromatic rings. The summed E-state index contributed by atoms with van der Waals surface area (Å²) in [6.07, 6.45) is 14.8. The molecule has 118 valence electrons. The van der Waals surface area contributed by atoms with Crippen LogP contribution in [0.5, 0.6) is 0 Å². The fourth-order valence-corrected chi connectivity index (χ4v) is 23.3. The Bertz CT molecular complexity index is 481. The van der Waals surface area contributed by atoms with E-state index in [1.54, 1.807) is 16.2 Å². The number of thiazole rings is 1. The molecule has 0 atom stereocenters. The maximum absolute atomic E-state index is 4.27. The Morgan fingerprint density at radius 2 is 1.57 bits per heavy atom. The van der Waals surface area contributed by atoms with Crippen LogP contribution in [0.3, 0.4) is 0 Å². The normalized spacial score (nSPS) is 12.3. The summed E-state index contributed by atoms with van der Waals surface area (Å²) in [7, 11) is 0. The molecule has 0 amide bonds. The zero-order chi connectivity index (χ0) is 15.1. The standard InChI is InChI=1S/C5H3N2S.3C4H9.Sn/c1-2-8-5-3-6-4-7(1)5;3*1-3-4-2;/h1,3-4H;3*1,3-4H2,2H3;. The van der Waals surface area contributed by atoms with Gasteiger partial charge in [-0.15, -0.1) is 0 Å². The monoisotopic (exact) mass is 414 g/mol. The zero-order valence-electron chi connectivity index (χ0n) is 13.9. The van der Waals surface area contributed by atoms with Gasteiger partial charge in [0.05, 0.1) is 0 Å². The van der Waals surface area contributed by atoms with E-state index in [1.165, 1.54) is 43.4 Å². The number of imidazole rings is 1. The van der Waals surface area contributed by atoms with Gasteiger partial charge in [0.1, 0.15) is 0 Å². The van der Waals surface area contributed by atoms with Crippen LogP contribution in [-0.2, 0) is 0 Å². The Morgan fingerprint density at radius 1 is 1.00 bits per heavy atom. The molecular formula is C17H30N2SSn. The van der Waals surface area contributed by atoms with Gasteiger partial charge in [-0.25, -0.2) is 0 Å². The average molecular weight is 413 g/mol. The molecule has 0 fully saturated rings. The Balaban J connectivity index is 2.31. The van der Waals surface area contributed by atoms with E-state index in [1.807, 2.05) is 12.5 Å². The SMILES string of the molecule is CCC[CH2][Sn]([CH2]CCC)([CH2]CCC)[c]1cn2cncc2s1. The molecule has 0 spiro atoms. The molecule has 2 rings (SSSR count). The molecule has 4 heteroatoms. The van der Waals surface area contributed by atoms with Crippen molar-refractivity contribution in [3.63, 3.8) is 0 Å². The molecule has 0 aliphatic carbocycles. The molecule has 0 saturated heterocycles. The van der Waals surface area contributed by atoms with Crippen LogP contribution in [0.1, 0.15) is 59.3 Å². The Morgan fingerprint density at radius 3 is 2.05 bits per heavy atom. The van der Waals surface area contributed by atoms with Gasteiger partial charge in [-0.1, -0.05) is 0 Å². The molecule has 0 radical (unpaired) electrons. The summed E-state index contributed by atoms with van der Waals surface area (Å²) >= 11 is -0.136. The topological polar surface area (TPSA) is 17.3 Å². The molecule has 0 N–H and O–H groups in total. The minimum atomic E-state index is -2.19. The molecule has 2 heterocycles. The fraction of sp³-hybridized carbons (Fsp3) is 0.706. The van der Waals surface area contributed by atoms with Gasteiger partial charge < -0.3 is 0 Å². The molecule has 0 bridgehead atoms. The molecular weight excluding hydrogens is 383 g/mol. The van der Waals surface area contributed by atoms with Crippen LogP contribution in [-0.4, -0.2) is 27.8 Å². The minimum absolute atomic E-state index is 1.34. The first-order valence-corrected chi connectivity index (χ1v) is 17.0. The molecule has 21 heavy (non-hydrogen) atoms. The summed E-state index contributed by atoms with van der Waals surface area (Å²) in [5, 5.41) is 0. The van der Waals surface area contributed by atoms with Crippen molar-refractivity contribution in [2.24, 2.45) is 0 Å². The molecule has 0 aliphatic rings. The van der Waals surface area contributed by atoms with Gasteiger partial charge in [0, 0.05) is 0 Å². The van der Waals surface area contributed by atoms with Gasteiger partial charge in [0.25, 0.3) is 0 Å². The Labute approximate surface area is 137 Å². The quantitative estimate of drug-likeness (QED) is 0.474. The van der Waals surface area contributed by atoms with Crippen LogP contribution in [0.2, 0.25) is 13.3 Å². The van der Waals surface area contributed by atoms with Gasteiger partial charge in [0.15, 0.2) is 0 Å². The van der Waals surface area contributed by atoms with Crippen molar-refractivity contribution in [2.45, 2.75) is 72.6 Å². The maximum atomic E-state index is 4.27.